The average molecular weight is 379 g/mol. The summed E-state index contributed by atoms with van der Waals surface area (Å²) in [5, 5.41) is 3.92. The van der Waals surface area contributed by atoms with Gasteiger partial charge in [-0.25, -0.2) is 9.97 Å². The van der Waals surface area contributed by atoms with Crippen molar-refractivity contribution in [1.82, 2.24) is 25.0 Å². The number of hydrogen-bond donors (Lipinski definition) is 0. The Balaban J connectivity index is 1.71. The van der Waals surface area contributed by atoms with Crippen LogP contribution in [0.3, 0.4) is 0 Å². The Hall–Kier alpha value is -3.09. The highest BCUT2D eigenvalue weighted by Gasteiger charge is 2.16. The van der Waals surface area contributed by atoms with Crippen molar-refractivity contribution in [1.29, 1.82) is 0 Å². The van der Waals surface area contributed by atoms with Gasteiger partial charge in [0.25, 0.3) is 5.91 Å². The van der Waals surface area contributed by atoms with Crippen LogP contribution in [-0.4, -0.2) is 38.0 Å². The molecule has 0 N–H and O–H groups in total. The standard InChI is InChI=1S/C21H25N5O2/c1-5-7-19-24-20(28-25-19)13-26(4)21(27)16-10-8-15(9-11-16)18-12-17(6-2)22-14(3)23-18/h8-12H,5-7,13H2,1-4H3. The zero-order valence-corrected chi connectivity index (χ0v) is 16.8. The van der Waals surface area contributed by atoms with E-state index in [1.54, 1.807) is 11.9 Å². The van der Waals surface area contributed by atoms with Crippen molar-refractivity contribution in [3.05, 3.63) is 59.1 Å². The molecule has 0 aliphatic rings. The van der Waals surface area contributed by atoms with Gasteiger partial charge in [-0.1, -0.05) is 31.1 Å². The fourth-order valence-corrected chi connectivity index (χ4v) is 2.92. The zero-order chi connectivity index (χ0) is 20.1. The molecule has 28 heavy (non-hydrogen) atoms. The highest BCUT2D eigenvalue weighted by molar-refractivity contribution is 5.94. The molecule has 3 rings (SSSR count). The summed E-state index contributed by atoms with van der Waals surface area (Å²) >= 11 is 0. The minimum absolute atomic E-state index is 0.102. The van der Waals surface area contributed by atoms with Crippen molar-refractivity contribution in [3.63, 3.8) is 0 Å². The molecule has 2 heterocycles. The van der Waals surface area contributed by atoms with Crippen LogP contribution in [0.1, 0.15) is 53.9 Å². The van der Waals surface area contributed by atoms with Gasteiger partial charge in [-0.3, -0.25) is 4.79 Å². The number of carbonyl (C=O) groups is 1. The second-order valence-electron chi connectivity index (χ2n) is 6.74. The number of carbonyl (C=O) groups excluding carboxylic acids is 1. The molecule has 0 aliphatic carbocycles. The molecule has 146 valence electrons. The van der Waals surface area contributed by atoms with E-state index in [2.05, 4.69) is 34.0 Å². The maximum absolute atomic E-state index is 12.7. The topological polar surface area (TPSA) is 85.0 Å². The highest BCUT2D eigenvalue weighted by atomic mass is 16.5. The van der Waals surface area contributed by atoms with Crippen LogP contribution in [0, 0.1) is 6.92 Å². The molecule has 1 aromatic carbocycles. The molecule has 0 radical (unpaired) electrons. The number of benzene rings is 1. The smallest absolute Gasteiger partial charge is 0.254 e. The number of nitrogens with zero attached hydrogens (tertiary/aromatic N) is 5. The van der Waals surface area contributed by atoms with Gasteiger partial charge in [0.15, 0.2) is 5.82 Å². The van der Waals surface area contributed by atoms with Crippen LogP contribution < -0.4 is 0 Å². The van der Waals surface area contributed by atoms with Crippen LogP contribution in [0.15, 0.2) is 34.9 Å². The van der Waals surface area contributed by atoms with Gasteiger partial charge < -0.3 is 9.42 Å². The summed E-state index contributed by atoms with van der Waals surface area (Å²) < 4.78 is 5.21. The number of amides is 1. The molecule has 0 saturated carbocycles. The number of aromatic nitrogens is 4. The third-order valence-electron chi connectivity index (χ3n) is 4.38. The molecule has 0 aliphatic heterocycles. The van der Waals surface area contributed by atoms with Crippen LogP contribution in [0.4, 0.5) is 0 Å². The van der Waals surface area contributed by atoms with E-state index in [4.69, 9.17) is 4.52 Å². The lowest BCUT2D eigenvalue weighted by Crippen LogP contribution is -2.26. The minimum atomic E-state index is -0.102. The predicted octanol–water partition coefficient (Wildman–Crippen LogP) is 3.62. The van der Waals surface area contributed by atoms with E-state index >= 15 is 0 Å². The Morgan fingerprint density at radius 2 is 1.86 bits per heavy atom. The summed E-state index contributed by atoms with van der Waals surface area (Å²) in [5.74, 6) is 1.76. The lowest BCUT2D eigenvalue weighted by atomic mass is 10.1. The Morgan fingerprint density at radius 3 is 2.54 bits per heavy atom. The molecule has 0 fully saturated rings. The van der Waals surface area contributed by atoms with Gasteiger partial charge in [-0.15, -0.1) is 0 Å². The Labute approximate surface area is 164 Å². The van der Waals surface area contributed by atoms with E-state index < -0.39 is 0 Å². The third kappa shape index (κ3) is 4.60. The first kappa shape index (κ1) is 19.7. The van der Waals surface area contributed by atoms with Crippen molar-refractivity contribution in [2.24, 2.45) is 0 Å². The molecular formula is C21H25N5O2. The van der Waals surface area contributed by atoms with Gasteiger partial charge >= 0.3 is 0 Å². The molecule has 7 nitrogen and oxygen atoms in total. The first-order valence-corrected chi connectivity index (χ1v) is 9.52. The van der Waals surface area contributed by atoms with Crippen LogP contribution in [-0.2, 0) is 19.4 Å². The molecule has 0 saturated heterocycles. The second kappa shape index (κ2) is 8.73. The normalized spacial score (nSPS) is 10.9. The molecule has 7 heteroatoms. The molecule has 0 unspecified atom stereocenters. The van der Waals surface area contributed by atoms with Crippen LogP contribution in [0.2, 0.25) is 0 Å². The summed E-state index contributed by atoms with van der Waals surface area (Å²) in [6.45, 7) is 6.29. The van der Waals surface area contributed by atoms with Crippen LogP contribution >= 0.6 is 0 Å². The van der Waals surface area contributed by atoms with Crippen LogP contribution in [0.5, 0.6) is 0 Å². The summed E-state index contributed by atoms with van der Waals surface area (Å²) in [6, 6.07) is 9.43. The first-order chi connectivity index (χ1) is 13.5. The summed E-state index contributed by atoms with van der Waals surface area (Å²) in [7, 11) is 1.72. The van der Waals surface area contributed by atoms with Crippen molar-refractivity contribution in [2.45, 2.75) is 46.6 Å². The van der Waals surface area contributed by atoms with Gasteiger partial charge in [0.1, 0.15) is 5.82 Å². The molecule has 0 atom stereocenters. The van der Waals surface area contributed by atoms with E-state index in [9.17, 15) is 4.79 Å². The van der Waals surface area contributed by atoms with Gasteiger partial charge in [-0.2, -0.15) is 4.98 Å². The average Bonchev–Trinajstić information content (AvgIpc) is 3.14. The monoisotopic (exact) mass is 379 g/mol. The fraction of sp³-hybridized carbons (Fsp3) is 0.381. The van der Waals surface area contributed by atoms with Gasteiger partial charge in [0.05, 0.1) is 12.2 Å². The second-order valence-corrected chi connectivity index (χ2v) is 6.74. The summed E-state index contributed by atoms with van der Waals surface area (Å²) in [5.41, 5.74) is 3.43. The van der Waals surface area contributed by atoms with Crippen LogP contribution in [0.25, 0.3) is 11.3 Å². The van der Waals surface area contributed by atoms with E-state index in [1.807, 2.05) is 37.3 Å². The van der Waals surface area contributed by atoms with Crippen molar-refractivity contribution >= 4 is 5.91 Å². The molecule has 1 amide bonds. The molecule has 2 aromatic heterocycles. The minimum Gasteiger partial charge on any atom is -0.337 e. The summed E-state index contributed by atoms with van der Waals surface area (Å²) in [6.07, 6.45) is 2.57. The van der Waals surface area contributed by atoms with E-state index in [0.717, 1.165) is 42.0 Å². The Kier molecular flexibility index (Phi) is 6.13. The predicted molar refractivity (Wildman–Crippen MR) is 106 cm³/mol. The highest BCUT2D eigenvalue weighted by Crippen LogP contribution is 2.20. The van der Waals surface area contributed by atoms with E-state index in [-0.39, 0.29) is 12.5 Å². The molecular weight excluding hydrogens is 354 g/mol. The summed E-state index contributed by atoms with van der Waals surface area (Å²) in [4.78, 5) is 27.5. The van der Waals surface area contributed by atoms with Gasteiger partial charge in [0.2, 0.25) is 5.89 Å². The lowest BCUT2D eigenvalue weighted by molar-refractivity contribution is 0.0769. The Bertz CT molecular complexity index is 950. The number of rotatable bonds is 7. The van der Waals surface area contributed by atoms with Gasteiger partial charge in [0, 0.05) is 30.3 Å². The molecule has 3 aromatic rings. The quantitative estimate of drug-likeness (QED) is 0.623. The first-order valence-electron chi connectivity index (χ1n) is 9.52. The SMILES string of the molecule is CCCc1noc(CN(C)C(=O)c2ccc(-c3cc(CC)nc(C)n3)cc2)n1. The maximum Gasteiger partial charge on any atom is 0.254 e. The molecule has 0 bridgehead atoms. The number of hydrogen-bond acceptors (Lipinski definition) is 6. The van der Waals surface area contributed by atoms with E-state index in [1.165, 1.54) is 0 Å². The van der Waals surface area contributed by atoms with Crippen molar-refractivity contribution < 1.29 is 9.32 Å². The Morgan fingerprint density at radius 1 is 1.11 bits per heavy atom. The number of aryl methyl sites for hydroxylation is 3. The molecule has 0 spiro atoms. The van der Waals surface area contributed by atoms with Crippen molar-refractivity contribution in [3.8, 4) is 11.3 Å². The zero-order valence-electron chi connectivity index (χ0n) is 16.8. The lowest BCUT2D eigenvalue weighted by Gasteiger charge is -2.15. The fourth-order valence-electron chi connectivity index (χ4n) is 2.92. The van der Waals surface area contributed by atoms with Gasteiger partial charge in [-0.05, 0) is 38.0 Å². The van der Waals surface area contributed by atoms with E-state index in [0.29, 0.717) is 17.3 Å². The van der Waals surface area contributed by atoms with Crippen molar-refractivity contribution in [2.75, 3.05) is 7.05 Å². The largest absolute Gasteiger partial charge is 0.337 e. The third-order valence-corrected chi connectivity index (χ3v) is 4.38. The maximum atomic E-state index is 12.7.